The summed E-state index contributed by atoms with van der Waals surface area (Å²) in [6.45, 7) is 1.91. The minimum absolute atomic E-state index is 0.105. The van der Waals surface area contributed by atoms with Gasteiger partial charge >= 0.3 is 0 Å². The number of ether oxygens (including phenoxy) is 1. The van der Waals surface area contributed by atoms with Crippen LogP contribution in [0.1, 0.15) is 11.1 Å². The van der Waals surface area contributed by atoms with Gasteiger partial charge in [0.2, 0.25) is 11.8 Å². The number of amides is 1. The highest BCUT2D eigenvalue weighted by atomic mass is 16.5. The monoisotopic (exact) mass is 363 g/mol. The van der Waals surface area contributed by atoms with Crippen molar-refractivity contribution in [1.82, 2.24) is 9.97 Å². The van der Waals surface area contributed by atoms with Crippen molar-refractivity contribution < 1.29 is 9.53 Å². The van der Waals surface area contributed by atoms with Crippen LogP contribution in [-0.4, -0.2) is 22.9 Å². The van der Waals surface area contributed by atoms with Gasteiger partial charge in [-0.2, -0.15) is 0 Å². The first-order valence-electron chi connectivity index (χ1n) is 8.46. The normalized spacial score (nSPS) is 10.3. The van der Waals surface area contributed by atoms with Crippen molar-refractivity contribution in [3.05, 3.63) is 66.0 Å². The van der Waals surface area contributed by atoms with E-state index in [-0.39, 0.29) is 12.3 Å². The van der Waals surface area contributed by atoms with Gasteiger partial charge in [0.1, 0.15) is 17.9 Å². The van der Waals surface area contributed by atoms with Crippen LogP contribution in [0.15, 0.2) is 54.9 Å². The predicted molar refractivity (Wildman–Crippen MR) is 106 cm³/mol. The summed E-state index contributed by atoms with van der Waals surface area (Å²) in [4.78, 5) is 20.4. The molecule has 7 heteroatoms. The van der Waals surface area contributed by atoms with E-state index >= 15 is 0 Å². The molecule has 4 N–H and O–H groups in total. The largest absolute Gasteiger partial charge is 0.439 e. The van der Waals surface area contributed by atoms with E-state index < -0.39 is 0 Å². The number of aromatic nitrogens is 2. The van der Waals surface area contributed by atoms with Gasteiger partial charge in [0, 0.05) is 24.5 Å². The van der Waals surface area contributed by atoms with E-state index in [0.717, 1.165) is 11.1 Å². The molecule has 0 saturated heterocycles. The van der Waals surface area contributed by atoms with Gasteiger partial charge in [-0.3, -0.25) is 4.79 Å². The average Bonchev–Trinajstić information content (AvgIpc) is 2.67. The van der Waals surface area contributed by atoms with E-state index in [2.05, 4.69) is 20.6 Å². The van der Waals surface area contributed by atoms with Gasteiger partial charge in [-0.05, 0) is 48.4 Å². The van der Waals surface area contributed by atoms with Gasteiger partial charge in [0.25, 0.3) is 0 Å². The van der Waals surface area contributed by atoms with Gasteiger partial charge in [0.15, 0.2) is 0 Å². The number of nitrogens with two attached hydrogens (primary N) is 1. The van der Waals surface area contributed by atoms with Gasteiger partial charge in [-0.15, -0.1) is 0 Å². The molecule has 0 aliphatic heterocycles. The van der Waals surface area contributed by atoms with Crippen LogP contribution in [0.3, 0.4) is 0 Å². The Morgan fingerprint density at radius 2 is 1.93 bits per heavy atom. The summed E-state index contributed by atoms with van der Waals surface area (Å²) in [5, 5.41) is 5.80. The van der Waals surface area contributed by atoms with Crippen molar-refractivity contribution in [2.24, 2.45) is 0 Å². The third kappa shape index (κ3) is 4.72. The third-order valence-corrected chi connectivity index (χ3v) is 4.10. The number of nitrogens with zero attached hydrogens (tertiary/aromatic N) is 2. The Morgan fingerprint density at radius 1 is 1.15 bits per heavy atom. The summed E-state index contributed by atoms with van der Waals surface area (Å²) in [6, 6.07) is 14.4. The maximum Gasteiger partial charge on any atom is 0.228 e. The number of anilines is 3. The van der Waals surface area contributed by atoms with E-state index in [1.807, 2.05) is 25.1 Å². The average molecular weight is 363 g/mol. The molecule has 138 valence electrons. The number of rotatable bonds is 6. The Labute approximate surface area is 157 Å². The van der Waals surface area contributed by atoms with Crippen LogP contribution >= 0.6 is 0 Å². The van der Waals surface area contributed by atoms with Crippen molar-refractivity contribution in [3.63, 3.8) is 0 Å². The van der Waals surface area contributed by atoms with Gasteiger partial charge in [-0.1, -0.05) is 12.1 Å². The number of carbonyl (C=O) groups excluding carboxylic acids is 1. The molecule has 0 atom stereocenters. The Hall–Kier alpha value is -3.61. The van der Waals surface area contributed by atoms with E-state index in [9.17, 15) is 4.79 Å². The fourth-order valence-corrected chi connectivity index (χ4v) is 2.53. The minimum atomic E-state index is -0.105. The van der Waals surface area contributed by atoms with Crippen LogP contribution in [-0.2, 0) is 11.2 Å². The summed E-state index contributed by atoms with van der Waals surface area (Å²) >= 11 is 0. The third-order valence-electron chi connectivity index (χ3n) is 4.10. The first-order chi connectivity index (χ1) is 13.0. The summed E-state index contributed by atoms with van der Waals surface area (Å²) in [5.74, 6) is 1.61. The lowest BCUT2D eigenvalue weighted by atomic mass is 10.0. The number of nitrogens with one attached hydrogen (secondary N) is 2. The number of nitrogen functional groups attached to an aromatic ring is 1. The van der Waals surface area contributed by atoms with E-state index in [0.29, 0.717) is 28.8 Å². The van der Waals surface area contributed by atoms with Crippen molar-refractivity contribution in [2.75, 3.05) is 23.4 Å². The second-order valence-electron chi connectivity index (χ2n) is 5.97. The number of carbonyl (C=O) groups is 1. The van der Waals surface area contributed by atoms with E-state index in [4.69, 9.17) is 10.5 Å². The first kappa shape index (κ1) is 18.2. The molecule has 2 aromatic carbocycles. The smallest absolute Gasteiger partial charge is 0.228 e. The lowest BCUT2D eigenvalue weighted by molar-refractivity contribution is -0.115. The fourth-order valence-electron chi connectivity index (χ4n) is 2.53. The molecule has 27 heavy (non-hydrogen) atoms. The van der Waals surface area contributed by atoms with Crippen LogP contribution < -0.4 is 21.1 Å². The highest BCUT2D eigenvalue weighted by molar-refractivity contribution is 5.92. The number of hydrogen-bond donors (Lipinski definition) is 3. The molecule has 0 saturated carbocycles. The quantitative estimate of drug-likeness (QED) is 0.580. The molecule has 7 nitrogen and oxygen atoms in total. The second-order valence-corrected chi connectivity index (χ2v) is 5.97. The maximum absolute atomic E-state index is 12.3. The van der Waals surface area contributed by atoms with Crippen LogP contribution in [0.2, 0.25) is 0 Å². The second kappa shape index (κ2) is 8.18. The SMILES string of the molecule is CNc1cc(Oc2ccc(NC(=O)Cc3cccc(N)c3C)cc2)ncn1. The molecule has 0 aliphatic carbocycles. The lowest BCUT2D eigenvalue weighted by Gasteiger charge is -2.10. The molecule has 0 unspecified atom stereocenters. The minimum Gasteiger partial charge on any atom is -0.439 e. The Balaban J connectivity index is 1.61. The van der Waals surface area contributed by atoms with Crippen LogP contribution in [0, 0.1) is 6.92 Å². The maximum atomic E-state index is 12.3. The van der Waals surface area contributed by atoms with Gasteiger partial charge in [0.05, 0.1) is 6.42 Å². The van der Waals surface area contributed by atoms with Gasteiger partial charge < -0.3 is 21.1 Å². The predicted octanol–water partition coefficient (Wildman–Crippen LogP) is 3.38. The van der Waals surface area contributed by atoms with Crippen molar-refractivity contribution in [3.8, 4) is 11.6 Å². The standard InChI is InChI=1S/C20H21N5O2/c1-13-14(4-3-5-17(13)21)10-19(26)25-15-6-8-16(9-7-15)27-20-11-18(22-2)23-12-24-20/h3-9,11-12H,10,21H2,1-2H3,(H,25,26)(H,22,23,24). The zero-order valence-corrected chi connectivity index (χ0v) is 15.2. The van der Waals surface area contributed by atoms with E-state index in [1.54, 1.807) is 37.4 Å². The Kier molecular flexibility index (Phi) is 5.51. The lowest BCUT2D eigenvalue weighted by Crippen LogP contribution is -2.15. The van der Waals surface area contributed by atoms with Crippen molar-refractivity contribution >= 4 is 23.1 Å². The van der Waals surface area contributed by atoms with Gasteiger partial charge in [-0.25, -0.2) is 9.97 Å². The summed E-state index contributed by atoms with van der Waals surface area (Å²) < 4.78 is 5.69. The summed E-state index contributed by atoms with van der Waals surface area (Å²) in [6.07, 6.45) is 1.69. The molecule has 1 aromatic heterocycles. The van der Waals surface area contributed by atoms with Crippen LogP contribution in [0.5, 0.6) is 11.6 Å². The Morgan fingerprint density at radius 3 is 2.67 bits per heavy atom. The summed E-state index contributed by atoms with van der Waals surface area (Å²) in [7, 11) is 1.77. The zero-order chi connectivity index (χ0) is 19.2. The van der Waals surface area contributed by atoms with E-state index in [1.165, 1.54) is 6.33 Å². The number of benzene rings is 2. The zero-order valence-electron chi connectivity index (χ0n) is 15.2. The molecular weight excluding hydrogens is 342 g/mol. The molecule has 0 aliphatic rings. The Bertz CT molecular complexity index is 941. The van der Waals surface area contributed by atoms with Crippen molar-refractivity contribution in [1.29, 1.82) is 0 Å². The molecular formula is C20H21N5O2. The number of hydrogen-bond acceptors (Lipinski definition) is 6. The summed E-state index contributed by atoms with van der Waals surface area (Å²) in [5.41, 5.74) is 9.11. The fraction of sp³-hybridized carbons (Fsp3) is 0.150. The molecule has 0 fully saturated rings. The molecule has 3 aromatic rings. The molecule has 0 radical (unpaired) electrons. The van der Waals surface area contributed by atoms with Crippen LogP contribution in [0.25, 0.3) is 0 Å². The molecule has 1 heterocycles. The molecule has 3 rings (SSSR count). The topological polar surface area (TPSA) is 102 Å². The molecule has 1 amide bonds. The highest BCUT2D eigenvalue weighted by Gasteiger charge is 2.08. The highest BCUT2D eigenvalue weighted by Crippen LogP contribution is 2.23. The van der Waals surface area contributed by atoms with Crippen LogP contribution in [0.4, 0.5) is 17.2 Å². The molecule has 0 bridgehead atoms. The molecule has 0 spiro atoms. The van der Waals surface area contributed by atoms with Crippen molar-refractivity contribution in [2.45, 2.75) is 13.3 Å². The first-order valence-corrected chi connectivity index (χ1v) is 8.46.